The summed E-state index contributed by atoms with van der Waals surface area (Å²) < 4.78 is 49.8. The van der Waals surface area contributed by atoms with Crippen molar-refractivity contribution >= 4 is 37.2 Å². The van der Waals surface area contributed by atoms with E-state index in [9.17, 15) is 21.6 Å². The average Bonchev–Trinajstić information content (AvgIpc) is 2.75. The van der Waals surface area contributed by atoms with Crippen LogP contribution in [0.4, 0.5) is 0 Å². The third kappa shape index (κ3) is 3.62. The van der Waals surface area contributed by atoms with Crippen LogP contribution < -0.4 is 4.72 Å². The second-order valence-corrected chi connectivity index (χ2v) is 9.76. The van der Waals surface area contributed by atoms with Gasteiger partial charge >= 0.3 is 5.97 Å². The van der Waals surface area contributed by atoms with Gasteiger partial charge in [-0.3, -0.25) is 0 Å². The van der Waals surface area contributed by atoms with Gasteiger partial charge in [-0.15, -0.1) is 11.3 Å². The molecule has 1 aromatic heterocycles. The number of carbonyl (C=O) groups is 1. The number of hydrogen-bond donors (Lipinski definition) is 2. The quantitative estimate of drug-likeness (QED) is 0.819. The van der Waals surface area contributed by atoms with Crippen molar-refractivity contribution in [1.29, 1.82) is 0 Å². The largest absolute Gasteiger partial charge is 0.477 e. The van der Waals surface area contributed by atoms with E-state index < -0.39 is 31.9 Å². The third-order valence-corrected chi connectivity index (χ3v) is 7.90. The standard InChI is InChI=1S/C11H15NO6S3/c1-7-6-19-9(11(13)14)10(7)21(17,18)12-8-2-4-20(15,16)5-3-8/h6,8,12H,2-5H2,1H3,(H,13,14). The van der Waals surface area contributed by atoms with E-state index in [1.807, 2.05) is 0 Å². The molecule has 118 valence electrons. The molecule has 0 amide bonds. The maximum Gasteiger partial charge on any atom is 0.347 e. The first kappa shape index (κ1) is 16.4. The zero-order valence-corrected chi connectivity index (χ0v) is 13.6. The molecule has 7 nitrogen and oxygen atoms in total. The van der Waals surface area contributed by atoms with Gasteiger partial charge in [0.2, 0.25) is 10.0 Å². The van der Waals surface area contributed by atoms with Crippen molar-refractivity contribution in [1.82, 2.24) is 4.72 Å². The van der Waals surface area contributed by atoms with Gasteiger partial charge in [0.15, 0.2) is 0 Å². The summed E-state index contributed by atoms with van der Waals surface area (Å²) in [5.41, 5.74) is 0.369. The Hall–Kier alpha value is -0.970. The molecule has 0 aromatic carbocycles. The Morgan fingerprint density at radius 2 is 1.95 bits per heavy atom. The summed E-state index contributed by atoms with van der Waals surface area (Å²) in [7, 11) is -7.06. The van der Waals surface area contributed by atoms with Gasteiger partial charge < -0.3 is 5.11 Å². The van der Waals surface area contributed by atoms with Crippen molar-refractivity contribution in [3.63, 3.8) is 0 Å². The fraction of sp³-hybridized carbons (Fsp3) is 0.545. The maximum absolute atomic E-state index is 12.4. The summed E-state index contributed by atoms with van der Waals surface area (Å²) in [6.07, 6.45) is 0.403. The molecule has 1 saturated heterocycles. The minimum atomic E-state index is -3.98. The molecule has 0 aliphatic carbocycles. The number of hydrogen-bond acceptors (Lipinski definition) is 6. The fourth-order valence-corrected chi connectivity index (χ4v) is 6.63. The summed E-state index contributed by atoms with van der Waals surface area (Å²) in [6, 6.07) is -0.487. The van der Waals surface area contributed by atoms with E-state index in [0.29, 0.717) is 5.56 Å². The van der Waals surface area contributed by atoms with E-state index in [-0.39, 0.29) is 34.1 Å². The summed E-state index contributed by atoms with van der Waals surface area (Å²) in [5, 5.41) is 10.5. The topological polar surface area (TPSA) is 118 Å². The van der Waals surface area contributed by atoms with Gasteiger partial charge in [-0.25, -0.2) is 26.4 Å². The number of sulfonamides is 1. The van der Waals surface area contributed by atoms with Crippen molar-refractivity contribution in [2.75, 3.05) is 11.5 Å². The SMILES string of the molecule is Cc1csc(C(=O)O)c1S(=O)(=O)NC1CCS(=O)(=O)CC1. The van der Waals surface area contributed by atoms with Crippen LogP contribution >= 0.6 is 11.3 Å². The van der Waals surface area contributed by atoms with Crippen LogP contribution in [0.15, 0.2) is 10.3 Å². The van der Waals surface area contributed by atoms with E-state index in [2.05, 4.69) is 4.72 Å². The number of carboxylic acid groups (broad SMARTS) is 1. The van der Waals surface area contributed by atoms with Crippen molar-refractivity contribution in [3.05, 3.63) is 15.8 Å². The molecular formula is C11H15NO6S3. The lowest BCUT2D eigenvalue weighted by molar-refractivity contribution is 0.0698. The number of nitrogens with one attached hydrogen (secondary N) is 1. The van der Waals surface area contributed by atoms with Gasteiger partial charge in [-0.1, -0.05) is 0 Å². The Morgan fingerprint density at radius 1 is 1.38 bits per heavy atom. The van der Waals surface area contributed by atoms with Gasteiger partial charge in [0.1, 0.15) is 19.6 Å². The van der Waals surface area contributed by atoms with Crippen molar-refractivity contribution in [3.8, 4) is 0 Å². The highest BCUT2D eigenvalue weighted by molar-refractivity contribution is 7.91. The minimum absolute atomic E-state index is 0.0609. The maximum atomic E-state index is 12.4. The number of aryl methyl sites for hydroxylation is 1. The molecule has 0 radical (unpaired) electrons. The Balaban J connectivity index is 2.24. The van der Waals surface area contributed by atoms with Crippen LogP contribution in [0, 0.1) is 6.92 Å². The molecule has 0 atom stereocenters. The lowest BCUT2D eigenvalue weighted by Crippen LogP contribution is -2.41. The van der Waals surface area contributed by atoms with Crippen molar-refractivity contribution < 1.29 is 26.7 Å². The molecule has 0 bridgehead atoms. The molecule has 2 heterocycles. The first-order chi connectivity index (χ1) is 9.62. The smallest absolute Gasteiger partial charge is 0.347 e. The number of carboxylic acids is 1. The number of sulfone groups is 1. The van der Waals surface area contributed by atoms with Crippen LogP contribution in [0.1, 0.15) is 28.1 Å². The number of rotatable bonds is 4. The predicted molar refractivity (Wildman–Crippen MR) is 78.0 cm³/mol. The Morgan fingerprint density at radius 3 is 2.48 bits per heavy atom. The highest BCUT2D eigenvalue weighted by Crippen LogP contribution is 2.27. The Kier molecular flexibility index (Phi) is 4.43. The first-order valence-electron chi connectivity index (χ1n) is 6.16. The molecule has 1 aliphatic rings. The van der Waals surface area contributed by atoms with Crippen LogP contribution in [0.3, 0.4) is 0 Å². The lowest BCUT2D eigenvalue weighted by Gasteiger charge is -2.23. The summed E-state index contributed by atoms with van der Waals surface area (Å²) in [5.74, 6) is -1.41. The molecule has 1 aliphatic heterocycles. The van der Waals surface area contributed by atoms with E-state index in [1.54, 1.807) is 0 Å². The molecule has 0 saturated carbocycles. The van der Waals surface area contributed by atoms with E-state index in [4.69, 9.17) is 5.11 Å². The second kappa shape index (κ2) is 5.67. The fourth-order valence-electron chi connectivity index (χ4n) is 2.20. The number of thiophene rings is 1. The zero-order chi connectivity index (χ0) is 15.8. The minimum Gasteiger partial charge on any atom is -0.477 e. The Bertz CT molecular complexity index is 748. The first-order valence-corrected chi connectivity index (χ1v) is 10.3. The molecule has 0 spiro atoms. The highest BCUT2D eigenvalue weighted by atomic mass is 32.2. The molecule has 1 fully saturated rings. The summed E-state index contributed by atoms with van der Waals surface area (Å²) in [6.45, 7) is 1.53. The summed E-state index contributed by atoms with van der Waals surface area (Å²) in [4.78, 5) is 10.6. The third-order valence-electron chi connectivity index (χ3n) is 3.26. The highest BCUT2D eigenvalue weighted by Gasteiger charge is 2.31. The van der Waals surface area contributed by atoms with Gasteiger partial charge in [-0.05, 0) is 30.7 Å². The zero-order valence-electron chi connectivity index (χ0n) is 11.2. The second-order valence-electron chi connectivity index (χ2n) is 4.93. The van der Waals surface area contributed by atoms with E-state index in [0.717, 1.165) is 11.3 Å². The normalized spacial score (nSPS) is 19.5. The van der Waals surface area contributed by atoms with Crippen LogP contribution in [0.25, 0.3) is 0 Å². The van der Waals surface area contributed by atoms with Gasteiger partial charge in [0.25, 0.3) is 0 Å². The molecule has 0 unspecified atom stereocenters. The van der Waals surface area contributed by atoms with E-state index >= 15 is 0 Å². The summed E-state index contributed by atoms with van der Waals surface area (Å²) >= 11 is 0.858. The molecule has 10 heteroatoms. The van der Waals surface area contributed by atoms with Crippen LogP contribution in [-0.2, 0) is 19.9 Å². The lowest BCUT2D eigenvalue weighted by atomic mass is 10.2. The number of aromatic carboxylic acids is 1. The monoisotopic (exact) mass is 353 g/mol. The van der Waals surface area contributed by atoms with Crippen LogP contribution in [0.2, 0.25) is 0 Å². The van der Waals surface area contributed by atoms with Gasteiger partial charge in [0.05, 0.1) is 11.5 Å². The molecule has 2 rings (SSSR count). The van der Waals surface area contributed by atoms with Crippen molar-refractivity contribution in [2.45, 2.75) is 30.7 Å². The van der Waals surface area contributed by atoms with Gasteiger partial charge in [0, 0.05) is 6.04 Å². The van der Waals surface area contributed by atoms with E-state index in [1.165, 1.54) is 12.3 Å². The Labute approximate surface area is 127 Å². The molecule has 1 aromatic rings. The molecule has 2 N–H and O–H groups in total. The average molecular weight is 353 g/mol. The van der Waals surface area contributed by atoms with Crippen molar-refractivity contribution in [2.24, 2.45) is 0 Å². The van der Waals surface area contributed by atoms with Crippen LogP contribution in [-0.4, -0.2) is 45.5 Å². The van der Waals surface area contributed by atoms with Gasteiger partial charge in [-0.2, -0.15) is 0 Å². The van der Waals surface area contributed by atoms with Crippen LogP contribution in [0.5, 0.6) is 0 Å². The molecular weight excluding hydrogens is 338 g/mol. The molecule has 21 heavy (non-hydrogen) atoms. The predicted octanol–water partition coefficient (Wildman–Crippen LogP) is 0.610.